The summed E-state index contributed by atoms with van der Waals surface area (Å²) in [5, 5.41) is 11.7. The van der Waals surface area contributed by atoms with Gasteiger partial charge in [-0.2, -0.15) is 13.2 Å². The van der Waals surface area contributed by atoms with E-state index in [1.54, 1.807) is 19.2 Å². The molecule has 2 aromatic heterocycles. The van der Waals surface area contributed by atoms with Crippen LogP contribution < -0.4 is 11.1 Å². The van der Waals surface area contributed by atoms with Crippen LogP contribution in [0.2, 0.25) is 9.49 Å². The summed E-state index contributed by atoms with van der Waals surface area (Å²) in [5.41, 5.74) is 6.51. The predicted molar refractivity (Wildman–Crippen MR) is 106 cm³/mol. The van der Waals surface area contributed by atoms with Gasteiger partial charge in [0.05, 0.1) is 10.6 Å². The smallest absolute Gasteiger partial charge is 0.373 e. The number of benzene rings is 1. The average Bonchev–Trinajstić information content (AvgIpc) is 3.15. The molecule has 3 rings (SSSR count). The van der Waals surface area contributed by atoms with Crippen LogP contribution in [0, 0.1) is 0 Å². The van der Waals surface area contributed by atoms with Gasteiger partial charge in [0.1, 0.15) is 10.0 Å². The zero-order chi connectivity index (χ0) is 20.5. The number of aromatic nitrogens is 3. The van der Waals surface area contributed by atoms with Gasteiger partial charge in [-0.3, -0.25) is 0 Å². The van der Waals surface area contributed by atoms with Crippen molar-refractivity contribution in [3.63, 3.8) is 0 Å². The van der Waals surface area contributed by atoms with Gasteiger partial charge in [0, 0.05) is 25.2 Å². The SMILES string of the molecule is Cn1nnc(Cl)c1-c1cc(N[C@H](CN)Cc2ccccc2C(F)(F)F)sc1Cl. The van der Waals surface area contributed by atoms with E-state index in [9.17, 15) is 13.2 Å². The summed E-state index contributed by atoms with van der Waals surface area (Å²) in [4.78, 5) is 0. The van der Waals surface area contributed by atoms with E-state index >= 15 is 0 Å². The number of aryl methyl sites for hydroxylation is 1. The highest BCUT2D eigenvalue weighted by Gasteiger charge is 2.33. The molecular formula is C17H16Cl2F3N5S. The van der Waals surface area contributed by atoms with Crippen molar-refractivity contribution in [3.8, 4) is 11.3 Å². The molecule has 11 heteroatoms. The Morgan fingerprint density at radius 3 is 2.61 bits per heavy atom. The Balaban J connectivity index is 1.83. The minimum Gasteiger partial charge on any atom is -0.373 e. The van der Waals surface area contributed by atoms with Gasteiger partial charge in [0.15, 0.2) is 5.15 Å². The molecule has 0 saturated heterocycles. The molecule has 1 atom stereocenters. The third kappa shape index (κ3) is 4.43. The van der Waals surface area contributed by atoms with Gasteiger partial charge in [-0.15, -0.1) is 16.4 Å². The second-order valence-electron chi connectivity index (χ2n) is 6.09. The molecule has 150 valence electrons. The van der Waals surface area contributed by atoms with Crippen molar-refractivity contribution in [3.05, 3.63) is 50.9 Å². The lowest BCUT2D eigenvalue weighted by atomic mass is 10.00. The molecule has 3 aromatic rings. The van der Waals surface area contributed by atoms with Crippen LogP contribution in [0.5, 0.6) is 0 Å². The summed E-state index contributed by atoms with van der Waals surface area (Å²) >= 11 is 13.6. The van der Waals surface area contributed by atoms with Gasteiger partial charge in [0.2, 0.25) is 0 Å². The minimum absolute atomic E-state index is 0.116. The van der Waals surface area contributed by atoms with Crippen LogP contribution in [0.1, 0.15) is 11.1 Å². The van der Waals surface area contributed by atoms with E-state index in [0.29, 0.717) is 20.6 Å². The lowest BCUT2D eigenvalue weighted by Gasteiger charge is -2.19. The fraction of sp³-hybridized carbons (Fsp3) is 0.294. The largest absolute Gasteiger partial charge is 0.416 e. The van der Waals surface area contributed by atoms with Crippen molar-refractivity contribution in [1.82, 2.24) is 15.0 Å². The first kappa shape index (κ1) is 20.9. The fourth-order valence-corrected chi connectivity index (χ4v) is 4.37. The second kappa shape index (κ2) is 8.28. The molecule has 0 spiro atoms. The first-order chi connectivity index (χ1) is 13.2. The zero-order valence-electron chi connectivity index (χ0n) is 14.6. The highest BCUT2D eigenvalue weighted by atomic mass is 35.5. The molecule has 0 unspecified atom stereocenters. The number of halogens is 5. The highest BCUT2D eigenvalue weighted by Crippen LogP contribution is 2.41. The molecule has 0 aliphatic rings. The Hall–Kier alpha value is -1.81. The summed E-state index contributed by atoms with van der Waals surface area (Å²) in [5.74, 6) is 0. The monoisotopic (exact) mass is 449 g/mol. The number of alkyl halides is 3. The molecule has 5 nitrogen and oxygen atoms in total. The van der Waals surface area contributed by atoms with Crippen LogP contribution in [0.3, 0.4) is 0 Å². The maximum Gasteiger partial charge on any atom is 0.416 e. The van der Waals surface area contributed by atoms with Gasteiger partial charge in [-0.25, -0.2) is 4.68 Å². The second-order valence-corrected chi connectivity index (χ2v) is 8.10. The standard InChI is InChI=1S/C17H16Cl2F3N5S/c1-27-14(15(18)25-26-27)11-7-13(28-16(11)19)24-10(8-23)6-9-4-2-3-5-12(9)17(20,21)22/h2-5,7,10,24H,6,8,23H2,1H3/t10-/m0/s1. The van der Waals surface area contributed by atoms with Crippen LogP contribution in [0.4, 0.5) is 18.2 Å². The van der Waals surface area contributed by atoms with Gasteiger partial charge < -0.3 is 11.1 Å². The topological polar surface area (TPSA) is 68.8 Å². The van der Waals surface area contributed by atoms with E-state index in [-0.39, 0.29) is 23.7 Å². The lowest BCUT2D eigenvalue weighted by Crippen LogP contribution is -2.31. The van der Waals surface area contributed by atoms with E-state index < -0.39 is 17.8 Å². The number of thiophene rings is 1. The molecule has 3 N–H and O–H groups in total. The molecule has 0 radical (unpaired) electrons. The summed E-state index contributed by atoms with van der Waals surface area (Å²) in [6, 6.07) is 6.83. The molecule has 0 saturated carbocycles. The van der Waals surface area contributed by atoms with E-state index in [1.807, 2.05) is 0 Å². The van der Waals surface area contributed by atoms with Crippen LogP contribution >= 0.6 is 34.5 Å². The van der Waals surface area contributed by atoms with Gasteiger partial charge in [0.25, 0.3) is 0 Å². The molecule has 0 amide bonds. The number of rotatable bonds is 6. The molecule has 0 fully saturated rings. The first-order valence-electron chi connectivity index (χ1n) is 8.17. The van der Waals surface area contributed by atoms with E-state index in [0.717, 1.165) is 6.07 Å². The van der Waals surface area contributed by atoms with Crippen LogP contribution in [-0.4, -0.2) is 27.6 Å². The lowest BCUT2D eigenvalue weighted by molar-refractivity contribution is -0.138. The van der Waals surface area contributed by atoms with Crippen LogP contribution in [-0.2, 0) is 19.6 Å². The Morgan fingerprint density at radius 2 is 2.00 bits per heavy atom. The first-order valence-corrected chi connectivity index (χ1v) is 9.74. The average molecular weight is 450 g/mol. The Bertz CT molecular complexity index is 951. The zero-order valence-corrected chi connectivity index (χ0v) is 16.9. The highest BCUT2D eigenvalue weighted by molar-refractivity contribution is 7.20. The van der Waals surface area contributed by atoms with Gasteiger partial charge >= 0.3 is 6.18 Å². The fourth-order valence-electron chi connectivity index (χ4n) is 2.85. The summed E-state index contributed by atoms with van der Waals surface area (Å²) < 4.78 is 41.6. The maximum absolute atomic E-state index is 13.2. The van der Waals surface area contributed by atoms with Crippen molar-refractivity contribution in [2.24, 2.45) is 12.8 Å². The predicted octanol–water partition coefficient (Wildman–Crippen LogP) is 4.85. The number of nitrogens with zero attached hydrogens (tertiary/aromatic N) is 3. The molecule has 0 aliphatic carbocycles. The van der Waals surface area contributed by atoms with E-state index in [1.165, 1.54) is 28.2 Å². The van der Waals surface area contributed by atoms with Gasteiger partial charge in [-0.05, 0) is 24.1 Å². The maximum atomic E-state index is 13.2. The number of anilines is 1. The molecule has 0 bridgehead atoms. The van der Waals surface area contributed by atoms with Crippen LogP contribution in [0.15, 0.2) is 30.3 Å². The van der Waals surface area contributed by atoms with Crippen molar-refractivity contribution in [1.29, 1.82) is 0 Å². The summed E-state index contributed by atoms with van der Waals surface area (Å²) in [6.07, 6.45) is -4.30. The van der Waals surface area contributed by atoms with Crippen molar-refractivity contribution < 1.29 is 13.2 Å². The normalized spacial score (nSPS) is 13.0. The minimum atomic E-state index is -4.42. The summed E-state index contributed by atoms with van der Waals surface area (Å²) in [6.45, 7) is 0.144. The van der Waals surface area contributed by atoms with Crippen molar-refractivity contribution in [2.45, 2.75) is 18.6 Å². The van der Waals surface area contributed by atoms with E-state index in [2.05, 4.69) is 15.6 Å². The van der Waals surface area contributed by atoms with Gasteiger partial charge in [-0.1, -0.05) is 46.6 Å². The molecule has 2 heterocycles. The quantitative estimate of drug-likeness (QED) is 0.564. The Labute approximate surface area is 173 Å². The third-order valence-electron chi connectivity index (χ3n) is 4.15. The molecule has 28 heavy (non-hydrogen) atoms. The molecule has 1 aromatic carbocycles. The molecular weight excluding hydrogens is 434 g/mol. The van der Waals surface area contributed by atoms with Crippen molar-refractivity contribution >= 4 is 39.5 Å². The van der Waals surface area contributed by atoms with Crippen LogP contribution in [0.25, 0.3) is 11.3 Å². The number of nitrogens with two attached hydrogens (primary N) is 1. The Kier molecular flexibility index (Phi) is 6.18. The Morgan fingerprint density at radius 1 is 1.29 bits per heavy atom. The number of hydrogen-bond acceptors (Lipinski definition) is 5. The summed E-state index contributed by atoms with van der Waals surface area (Å²) in [7, 11) is 1.69. The number of nitrogens with one attached hydrogen (secondary N) is 1. The number of hydrogen-bond donors (Lipinski definition) is 2. The van der Waals surface area contributed by atoms with E-state index in [4.69, 9.17) is 28.9 Å². The molecule has 0 aliphatic heterocycles. The third-order valence-corrected chi connectivity index (χ3v) is 5.69. The van der Waals surface area contributed by atoms with Crippen molar-refractivity contribution in [2.75, 3.05) is 11.9 Å².